The number of anilines is 1. The summed E-state index contributed by atoms with van der Waals surface area (Å²) in [7, 11) is 6.47. The van der Waals surface area contributed by atoms with Gasteiger partial charge in [0.2, 0.25) is 0 Å². The Morgan fingerprint density at radius 2 is 1.97 bits per heavy atom. The first-order valence-corrected chi connectivity index (χ1v) is 12.6. The first-order valence-electron chi connectivity index (χ1n) is 12.6. The van der Waals surface area contributed by atoms with Crippen molar-refractivity contribution in [1.29, 1.82) is 0 Å². The van der Waals surface area contributed by atoms with Crippen LogP contribution in [0.3, 0.4) is 0 Å². The van der Waals surface area contributed by atoms with Crippen LogP contribution >= 0.6 is 0 Å². The number of hydrogen-bond donors (Lipinski definition) is 3. The molecule has 2 aromatic rings. The Morgan fingerprint density at radius 3 is 2.79 bits per heavy atom. The topological polar surface area (TPSA) is 57.1 Å². The fourth-order valence-electron chi connectivity index (χ4n) is 6.35. The largest absolute Gasteiger partial charge is 0.384 e. The van der Waals surface area contributed by atoms with Gasteiger partial charge in [0, 0.05) is 35.8 Å². The Morgan fingerprint density at radius 1 is 1.12 bits per heavy atom. The Balaban J connectivity index is 1.18. The van der Waals surface area contributed by atoms with E-state index in [0.29, 0.717) is 23.9 Å². The molecule has 6 nitrogen and oxygen atoms in total. The molecule has 6 rings (SSSR count). The van der Waals surface area contributed by atoms with Crippen LogP contribution in [0, 0.1) is 11.8 Å². The molecule has 1 fully saturated rings. The molecule has 33 heavy (non-hydrogen) atoms. The molecule has 0 amide bonds. The molecule has 0 spiro atoms. The lowest BCUT2D eigenvalue weighted by atomic mass is 9.79. The van der Waals surface area contributed by atoms with Gasteiger partial charge in [0.05, 0.1) is 6.04 Å². The summed E-state index contributed by atoms with van der Waals surface area (Å²) in [4.78, 5) is 7.47. The third kappa shape index (κ3) is 3.69. The lowest BCUT2D eigenvalue weighted by molar-refractivity contribution is 0.233. The monoisotopic (exact) mass is 444 g/mol. The molecule has 0 saturated carbocycles. The Labute approximate surface area is 196 Å². The van der Waals surface area contributed by atoms with E-state index in [4.69, 9.17) is 4.98 Å². The standard InChI is InChI=1S/C27H36N6/c1-28-18-5-8-25-22(14-18)21-7-9-26(31-27(21)33(25)3)30-19-4-6-20-23(16-29-24(20)15-19)17-10-12-32(2)13-11-17/h4,6-7,9,15-18,20,24,28-29H,5,8,10-14H2,1-3H3,(H,30,31). The SMILES string of the molecule is CNC1CCc2c(c3ccc(NC4=CC5NC=C(C6CCN(C)CC6)C5C=C4)nc3n2C)C1. The van der Waals surface area contributed by atoms with Gasteiger partial charge in [-0.3, -0.25) is 0 Å². The molecule has 6 heteroatoms. The van der Waals surface area contributed by atoms with Gasteiger partial charge in [-0.15, -0.1) is 0 Å². The number of likely N-dealkylation sites (N-methyl/N-ethyl adjacent to an activating group) is 1. The second kappa shape index (κ2) is 8.33. The molecule has 1 saturated heterocycles. The number of rotatable bonds is 4. The molecule has 174 valence electrons. The van der Waals surface area contributed by atoms with E-state index in [2.05, 4.69) is 83.1 Å². The van der Waals surface area contributed by atoms with Gasteiger partial charge in [0.1, 0.15) is 11.5 Å². The van der Waals surface area contributed by atoms with Gasteiger partial charge >= 0.3 is 0 Å². The van der Waals surface area contributed by atoms with E-state index in [1.807, 2.05) is 0 Å². The Kier molecular flexibility index (Phi) is 5.30. The second-order valence-electron chi connectivity index (χ2n) is 10.3. The molecule has 4 aliphatic rings. The summed E-state index contributed by atoms with van der Waals surface area (Å²) in [6, 6.07) is 5.30. The number of aromatic nitrogens is 2. The predicted molar refractivity (Wildman–Crippen MR) is 135 cm³/mol. The van der Waals surface area contributed by atoms with E-state index in [9.17, 15) is 0 Å². The fraction of sp³-hybridized carbons (Fsp3) is 0.519. The van der Waals surface area contributed by atoms with Crippen molar-refractivity contribution in [2.45, 2.75) is 44.2 Å². The molecule has 3 N–H and O–H groups in total. The van der Waals surface area contributed by atoms with Crippen LogP contribution in [0.1, 0.15) is 30.5 Å². The number of nitrogens with zero attached hydrogens (tertiary/aromatic N) is 3. The van der Waals surface area contributed by atoms with Crippen molar-refractivity contribution < 1.29 is 0 Å². The number of fused-ring (bicyclic) bond motifs is 4. The molecule has 3 unspecified atom stereocenters. The minimum absolute atomic E-state index is 0.344. The van der Waals surface area contributed by atoms with Gasteiger partial charge in [-0.2, -0.15) is 0 Å². The lowest BCUT2D eigenvalue weighted by Crippen LogP contribution is -2.33. The average Bonchev–Trinajstić information content (AvgIpc) is 3.38. The van der Waals surface area contributed by atoms with Crippen molar-refractivity contribution >= 4 is 16.9 Å². The van der Waals surface area contributed by atoms with E-state index in [-0.39, 0.29) is 0 Å². The van der Waals surface area contributed by atoms with E-state index in [1.165, 1.54) is 49.0 Å². The van der Waals surface area contributed by atoms with Crippen LogP contribution in [-0.2, 0) is 19.9 Å². The summed E-state index contributed by atoms with van der Waals surface area (Å²) in [5.74, 6) is 2.12. The zero-order chi connectivity index (χ0) is 22.5. The second-order valence-corrected chi connectivity index (χ2v) is 10.3. The smallest absolute Gasteiger partial charge is 0.142 e. The highest BCUT2D eigenvalue weighted by Gasteiger charge is 2.34. The number of aryl methyl sites for hydroxylation is 1. The van der Waals surface area contributed by atoms with Gasteiger partial charge in [-0.25, -0.2) is 4.98 Å². The maximum atomic E-state index is 5.02. The van der Waals surface area contributed by atoms with Gasteiger partial charge in [-0.05, 0) is 107 Å². The van der Waals surface area contributed by atoms with E-state index < -0.39 is 0 Å². The number of pyridine rings is 1. The molecule has 2 aliphatic heterocycles. The quantitative estimate of drug-likeness (QED) is 0.675. The Hall–Kier alpha value is -2.57. The van der Waals surface area contributed by atoms with Crippen molar-refractivity contribution in [2.24, 2.45) is 18.9 Å². The summed E-state index contributed by atoms with van der Waals surface area (Å²) >= 11 is 0. The maximum absolute atomic E-state index is 5.02. The van der Waals surface area contributed by atoms with Gasteiger partial charge < -0.3 is 25.4 Å². The first-order chi connectivity index (χ1) is 16.1. The number of piperidine rings is 1. The molecule has 2 aromatic heterocycles. The van der Waals surface area contributed by atoms with Crippen LogP contribution in [-0.4, -0.2) is 53.7 Å². The van der Waals surface area contributed by atoms with Crippen LogP contribution in [0.25, 0.3) is 11.0 Å². The summed E-state index contributed by atoms with van der Waals surface area (Å²) in [6.45, 7) is 2.41. The number of allylic oxidation sites excluding steroid dienone is 1. The molecule has 0 radical (unpaired) electrons. The summed E-state index contributed by atoms with van der Waals surface area (Å²) in [5, 5.41) is 12.0. The highest BCUT2D eigenvalue weighted by atomic mass is 15.1. The van der Waals surface area contributed by atoms with Gasteiger partial charge in [0.15, 0.2) is 0 Å². The Bertz CT molecular complexity index is 1150. The maximum Gasteiger partial charge on any atom is 0.142 e. The normalized spacial score (nSPS) is 27.7. The highest BCUT2D eigenvalue weighted by molar-refractivity contribution is 5.84. The molecule has 0 aromatic carbocycles. The van der Waals surface area contributed by atoms with Crippen LogP contribution in [0.15, 0.2) is 47.8 Å². The van der Waals surface area contributed by atoms with Crippen molar-refractivity contribution in [3.63, 3.8) is 0 Å². The van der Waals surface area contributed by atoms with Crippen molar-refractivity contribution in [1.82, 2.24) is 25.1 Å². The molecular weight excluding hydrogens is 408 g/mol. The molecule has 2 aliphatic carbocycles. The summed E-state index contributed by atoms with van der Waals surface area (Å²) in [5.41, 5.74) is 6.73. The lowest BCUT2D eigenvalue weighted by Gasteiger charge is -2.32. The fourth-order valence-corrected chi connectivity index (χ4v) is 6.35. The first kappa shape index (κ1) is 21.0. The van der Waals surface area contributed by atoms with E-state index in [0.717, 1.165) is 30.0 Å². The van der Waals surface area contributed by atoms with Crippen LogP contribution < -0.4 is 16.0 Å². The predicted octanol–water partition coefficient (Wildman–Crippen LogP) is 3.33. The molecule has 3 atom stereocenters. The van der Waals surface area contributed by atoms with E-state index in [1.54, 1.807) is 5.57 Å². The van der Waals surface area contributed by atoms with Crippen LogP contribution in [0.4, 0.5) is 5.82 Å². The minimum atomic E-state index is 0.344. The third-order valence-electron chi connectivity index (χ3n) is 8.38. The summed E-state index contributed by atoms with van der Waals surface area (Å²) in [6.07, 6.45) is 15.2. The minimum Gasteiger partial charge on any atom is -0.384 e. The molecular formula is C27H36N6. The van der Waals surface area contributed by atoms with Crippen LogP contribution in [0.5, 0.6) is 0 Å². The average molecular weight is 445 g/mol. The zero-order valence-electron chi connectivity index (χ0n) is 20.1. The molecule has 4 heterocycles. The van der Waals surface area contributed by atoms with Crippen molar-refractivity contribution in [3.05, 3.63) is 59.1 Å². The molecule has 0 bridgehead atoms. The van der Waals surface area contributed by atoms with Crippen LogP contribution in [0.2, 0.25) is 0 Å². The third-order valence-corrected chi connectivity index (χ3v) is 8.38. The number of likely N-dealkylation sites (tertiary alicyclic amines) is 1. The van der Waals surface area contributed by atoms with Gasteiger partial charge in [-0.1, -0.05) is 6.08 Å². The van der Waals surface area contributed by atoms with Gasteiger partial charge in [0.25, 0.3) is 0 Å². The van der Waals surface area contributed by atoms with Crippen molar-refractivity contribution in [2.75, 3.05) is 32.5 Å². The van der Waals surface area contributed by atoms with Crippen molar-refractivity contribution in [3.8, 4) is 0 Å². The summed E-state index contributed by atoms with van der Waals surface area (Å²) < 4.78 is 2.30. The zero-order valence-corrected chi connectivity index (χ0v) is 20.1. The number of nitrogens with one attached hydrogen (secondary N) is 3. The number of hydrogen-bond acceptors (Lipinski definition) is 5. The highest BCUT2D eigenvalue weighted by Crippen LogP contribution is 2.37. The van der Waals surface area contributed by atoms with E-state index >= 15 is 0 Å².